The fourth-order valence-electron chi connectivity index (χ4n) is 3.81. The summed E-state index contributed by atoms with van der Waals surface area (Å²) in [4.78, 5) is 4.35. The summed E-state index contributed by atoms with van der Waals surface area (Å²) in [5, 5.41) is 7.17. The molecule has 8 heteroatoms. The summed E-state index contributed by atoms with van der Waals surface area (Å²) in [6.45, 7) is 2.69. The van der Waals surface area contributed by atoms with Crippen LogP contribution in [0.1, 0.15) is 38.2 Å². The van der Waals surface area contributed by atoms with Gasteiger partial charge in [0.15, 0.2) is 17.5 Å². The second-order valence-electron chi connectivity index (χ2n) is 7.04. The van der Waals surface area contributed by atoms with Crippen molar-refractivity contribution < 1.29 is 18.4 Å². The van der Waals surface area contributed by atoms with Gasteiger partial charge >= 0.3 is 0 Å². The SMILES string of the molecule is CCS(=O)C1CCCC(NC(=NC)NCCc2ccc(OC)c(OC)c2OC)C1. The summed E-state index contributed by atoms with van der Waals surface area (Å²) >= 11 is 0. The predicted octanol–water partition coefficient (Wildman–Crippen LogP) is 2.50. The Morgan fingerprint density at radius 2 is 1.93 bits per heavy atom. The van der Waals surface area contributed by atoms with Crippen LogP contribution in [0.25, 0.3) is 0 Å². The largest absolute Gasteiger partial charge is 0.493 e. The summed E-state index contributed by atoms with van der Waals surface area (Å²) in [6.07, 6.45) is 4.93. The highest BCUT2D eigenvalue weighted by atomic mass is 32.2. The van der Waals surface area contributed by atoms with Crippen LogP contribution in [0.2, 0.25) is 0 Å². The molecule has 0 heterocycles. The molecule has 29 heavy (non-hydrogen) atoms. The van der Waals surface area contributed by atoms with Gasteiger partial charge in [0, 0.05) is 47.0 Å². The number of hydrogen-bond acceptors (Lipinski definition) is 5. The second kappa shape index (κ2) is 11.9. The molecule has 2 N–H and O–H groups in total. The highest BCUT2D eigenvalue weighted by Crippen LogP contribution is 2.39. The summed E-state index contributed by atoms with van der Waals surface area (Å²) in [7, 11) is 5.90. The van der Waals surface area contributed by atoms with Crippen molar-refractivity contribution in [2.45, 2.75) is 50.3 Å². The van der Waals surface area contributed by atoms with Crippen LogP contribution in [-0.4, -0.2) is 62.1 Å². The average molecular weight is 426 g/mol. The van der Waals surface area contributed by atoms with Crippen molar-refractivity contribution in [2.75, 3.05) is 40.7 Å². The smallest absolute Gasteiger partial charge is 0.203 e. The first-order chi connectivity index (χ1) is 14.1. The van der Waals surface area contributed by atoms with E-state index in [1.165, 1.54) is 0 Å². The van der Waals surface area contributed by atoms with E-state index in [4.69, 9.17) is 14.2 Å². The lowest BCUT2D eigenvalue weighted by Crippen LogP contribution is -2.47. The van der Waals surface area contributed by atoms with Gasteiger partial charge in [0.05, 0.1) is 21.3 Å². The number of benzene rings is 1. The molecule has 7 nitrogen and oxygen atoms in total. The summed E-state index contributed by atoms with van der Waals surface area (Å²) in [6, 6.07) is 4.19. The van der Waals surface area contributed by atoms with Crippen LogP contribution >= 0.6 is 0 Å². The third-order valence-corrected chi connectivity index (χ3v) is 7.06. The Kier molecular flexibility index (Phi) is 9.57. The highest BCUT2D eigenvalue weighted by Gasteiger charge is 2.26. The summed E-state index contributed by atoms with van der Waals surface area (Å²) in [5.41, 5.74) is 1.03. The first kappa shape index (κ1) is 23.3. The van der Waals surface area contributed by atoms with Crippen molar-refractivity contribution in [3.05, 3.63) is 17.7 Å². The Bertz CT molecular complexity index is 711. The first-order valence-corrected chi connectivity index (χ1v) is 11.6. The first-order valence-electron chi connectivity index (χ1n) is 10.2. The molecule has 1 aliphatic rings. The van der Waals surface area contributed by atoms with E-state index in [1.807, 2.05) is 19.1 Å². The Morgan fingerprint density at radius 3 is 2.55 bits per heavy atom. The molecule has 1 aromatic rings. The molecule has 3 unspecified atom stereocenters. The zero-order valence-corrected chi connectivity index (χ0v) is 19.1. The van der Waals surface area contributed by atoms with Gasteiger partial charge in [0.25, 0.3) is 0 Å². The predicted molar refractivity (Wildman–Crippen MR) is 119 cm³/mol. The maximum absolute atomic E-state index is 12.2. The molecule has 0 radical (unpaired) electrons. The summed E-state index contributed by atoms with van der Waals surface area (Å²) < 4.78 is 28.5. The van der Waals surface area contributed by atoms with Gasteiger partial charge in [-0.05, 0) is 31.7 Å². The van der Waals surface area contributed by atoms with Crippen molar-refractivity contribution in [1.82, 2.24) is 10.6 Å². The second-order valence-corrected chi connectivity index (χ2v) is 9.05. The van der Waals surface area contributed by atoms with Gasteiger partial charge < -0.3 is 24.8 Å². The maximum Gasteiger partial charge on any atom is 0.203 e. The molecule has 3 atom stereocenters. The van der Waals surface area contributed by atoms with Crippen molar-refractivity contribution in [3.8, 4) is 17.2 Å². The Labute approximate surface area is 177 Å². The third kappa shape index (κ3) is 6.26. The molecule has 0 bridgehead atoms. The average Bonchev–Trinajstić information content (AvgIpc) is 2.77. The Morgan fingerprint density at radius 1 is 1.17 bits per heavy atom. The van der Waals surface area contributed by atoms with Crippen LogP contribution in [0.4, 0.5) is 0 Å². The van der Waals surface area contributed by atoms with Gasteiger partial charge in [-0.3, -0.25) is 9.20 Å². The van der Waals surface area contributed by atoms with E-state index in [0.717, 1.165) is 49.4 Å². The van der Waals surface area contributed by atoms with Crippen LogP contribution in [0.15, 0.2) is 17.1 Å². The minimum Gasteiger partial charge on any atom is -0.493 e. The van der Waals surface area contributed by atoms with Crippen LogP contribution in [0.5, 0.6) is 17.2 Å². The number of guanidine groups is 1. The fourth-order valence-corrected chi connectivity index (χ4v) is 5.16. The zero-order chi connectivity index (χ0) is 21.2. The lowest BCUT2D eigenvalue weighted by molar-refractivity contribution is 0.322. The summed E-state index contributed by atoms with van der Waals surface area (Å²) in [5.74, 6) is 3.45. The van der Waals surface area contributed by atoms with Crippen molar-refractivity contribution in [2.24, 2.45) is 4.99 Å². The standard InChI is InChI=1S/C21H35N3O4S/c1-6-29(25)17-9-7-8-16(14-17)24-21(22-2)23-13-12-15-10-11-18(26-3)20(28-5)19(15)27-4/h10-11,16-17H,6-9,12-14H2,1-5H3,(H2,22,23,24). The van der Waals surface area contributed by atoms with Crippen molar-refractivity contribution in [1.29, 1.82) is 0 Å². The van der Waals surface area contributed by atoms with Crippen LogP contribution in [0.3, 0.4) is 0 Å². The normalized spacial score (nSPS) is 20.7. The molecule has 164 valence electrons. The quantitative estimate of drug-likeness (QED) is 0.467. The maximum atomic E-state index is 12.2. The number of ether oxygens (including phenoxy) is 3. The number of nitrogens with zero attached hydrogens (tertiary/aromatic N) is 1. The molecular weight excluding hydrogens is 390 g/mol. The molecule has 0 spiro atoms. The highest BCUT2D eigenvalue weighted by molar-refractivity contribution is 7.85. The number of aliphatic imine (C=N–C) groups is 1. The van der Waals surface area contributed by atoms with Gasteiger partial charge in [-0.2, -0.15) is 0 Å². The van der Waals surface area contributed by atoms with Crippen LogP contribution in [-0.2, 0) is 17.2 Å². The van der Waals surface area contributed by atoms with E-state index in [1.54, 1.807) is 28.4 Å². The van der Waals surface area contributed by atoms with Crippen molar-refractivity contribution >= 4 is 16.8 Å². The van der Waals surface area contributed by atoms with E-state index in [-0.39, 0.29) is 0 Å². The molecule has 0 amide bonds. The minimum absolute atomic E-state index is 0.292. The Balaban J connectivity index is 1.93. The van der Waals surface area contributed by atoms with E-state index in [9.17, 15) is 4.21 Å². The van der Waals surface area contributed by atoms with Crippen LogP contribution in [0, 0.1) is 0 Å². The number of methoxy groups -OCH3 is 3. The molecule has 0 saturated heterocycles. The molecule has 1 saturated carbocycles. The lowest BCUT2D eigenvalue weighted by atomic mass is 9.95. The molecule has 1 aromatic carbocycles. The molecule has 1 aliphatic carbocycles. The van der Waals surface area contributed by atoms with Crippen LogP contribution < -0.4 is 24.8 Å². The van der Waals surface area contributed by atoms with E-state index < -0.39 is 10.8 Å². The minimum atomic E-state index is -0.727. The van der Waals surface area contributed by atoms with E-state index in [0.29, 0.717) is 35.1 Å². The van der Waals surface area contributed by atoms with E-state index >= 15 is 0 Å². The topological polar surface area (TPSA) is 81.2 Å². The van der Waals surface area contributed by atoms with E-state index in [2.05, 4.69) is 15.6 Å². The number of rotatable bonds is 9. The molecule has 0 aromatic heterocycles. The zero-order valence-electron chi connectivity index (χ0n) is 18.2. The van der Waals surface area contributed by atoms with Gasteiger partial charge in [-0.25, -0.2) is 0 Å². The molecule has 2 rings (SSSR count). The van der Waals surface area contributed by atoms with Gasteiger partial charge in [-0.15, -0.1) is 0 Å². The fraction of sp³-hybridized carbons (Fsp3) is 0.667. The number of nitrogens with one attached hydrogen (secondary N) is 2. The molecular formula is C21H35N3O4S. The van der Waals surface area contributed by atoms with Gasteiger partial charge in [0.1, 0.15) is 0 Å². The Hall–Kier alpha value is -1.96. The van der Waals surface area contributed by atoms with Gasteiger partial charge in [0.2, 0.25) is 5.75 Å². The van der Waals surface area contributed by atoms with Gasteiger partial charge in [-0.1, -0.05) is 19.4 Å². The monoisotopic (exact) mass is 425 g/mol. The number of hydrogen-bond donors (Lipinski definition) is 2. The van der Waals surface area contributed by atoms with Crippen molar-refractivity contribution in [3.63, 3.8) is 0 Å². The third-order valence-electron chi connectivity index (χ3n) is 5.32. The molecule has 0 aliphatic heterocycles. The molecule has 1 fully saturated rings. The lowest BCUT2D eigenvalue weighted by Gasteiger charge is -2.30.